The first-order chi connectivity index (χ1) is 14.4. The fraction of sp³-hybridized carbons (Fsp3) is 0.417. The Labute approximate surface area is 177 Å². The van der Waals surface area contributed by atoms with Gasteiger partial charge in [-0.25, -0.2) is 0 Å². The van der Waals surface area contributed by atoms with Gasteiger partial charge in [-0.15, -0.1) is 0 Å². The number of hydrogen-bond donors (Lipinski definition) is 1. The Hall–Kier alpha value is -3.02. The number of Topliss-reactive ketones (excluding diaryl/α,β-unsaturated/α-hetero) is 1. The summed E-state index contributed by atoms with van der Waals surface area (Å²) in [5, 5.41) is 3.06. The summed E-state index contributed by atoms with van der Waals surface area (Å²) in [4.78, 5) is 26.8. The lowest BCUT2D eigenvalue weighted by Crippen LogP contribution is -2.52. The minimum atomic E-state index is -0.947. The molecule has 1 N–H and O–H groups in total. The number of amides is 1. The van der Waals surface area contributed by atoms with Crippen molar-refractivity contribution < 1.29 is 23.8 Å². The molecule has 3 rings (SSSR count). The van der Waals surface area contributed by atoms with Crippen LogP contribution in [0.4, 0.5) is 0 Å². The molecule has 2 aromatic rings. The van der Waals surface area contributed by atoms with Gasteiger partial charge >= 0.3 is 0 Å². The van der Waals surface area contributed by atoms with E-state index in [0.717, 1.165) is 24.0 Å². The van der Waals surface area contributed by atoms with Gasteiger partial charge in [-0.05, 0) is 51.0 Å². The molecule has 6 nitrogen and oxygen atoms in total. The molecular weight excluding hydrogens is 382 g/mol. The smallest absolute Gasteiger partial charge is 0.252 e. The molecule has 0 aliphatic heterocycles. The minimum absolute atomic E-state index is 0.120. The summed E-state index contributed by atoms with van der Waals surface area (Å²) in [6, 6.07) is 8.79. The first-order valence-corrected chi connectivity index (χ1v) is 10.1. The lowest BCUT2D eigenvalue weighted by Gasteiger charge is -2.30. The van der Waals surface area contributed by atoms with Crippen LogP contribution in [-0.2, 0) is 0 Å². The molecule has 0 aromatic heterocycles. The minimum Gasteiger partial charge on any atom is -0.496 e. The van der Waals surface area contributed by atoms with E-state index in [9.17, 15) is 9.59 Å². The maximum Gasteiger partial charge on any atom is 0.252 e. The first kappa shape index (κ1) is 21.7. The summed E-state index contributed by atoms with van der Waals surface area (Å²) >= 11 is 0. The number of carbonyl (C=O) groups is 2. The van der Waals surface area contributed by atoms with Gasteiger partial charge < -0.3 is 19.5 Å². The lowest BCUT2D eigenvalue weighted by molar-refractivity contribution is 0.0769. The van der Waals surface area contributed by atoms with Gasteiger partial charge in [-0.2, -0.15) is 0 Å². The maximum absolute atomic E-state index is 13.6. The van der Waals surface area contributed by atoms with Crippen LogP contribution in [0, 0.1) is 13.8 Å². The Balaban J connectivity index is 1.97. The largest absolute Gasteiger partial charge is 0.496 e. The van der Waals surface area contributed by atoms with Crippen molar-refractivity contribution in [2.75, 3.05) is 21.3 Å². The average molecular weight is 411 g/mol. The molecule has 0 unspecified atom stereocenters. The molecule has 1 fully saturated rings. The zero-order valence-electron chi connectivity index (χ0n) is 18.3. The molecule has 1 saturated carbocycles. The fourth-order valence-electron chi connectivity index (χ4n) is 4.25. The summed E-state index contributed by atoms with van der Waals surface area (Å²) in [6.07, 6.45) is 2.95. The van der Waals surface area contributed by atoms with Crippen molar-refractivity contribution >= 4 is 11.7 Å². The average Bonchev–Trinajstić information content (AvgIpc) is 3.23. The monoisotopic (exact) mass is 411 g/mol. The van der Waals surface area contributed by atoms with Crippen LogP contribution in [0.25, 0.3) is 0 Å². The van der Waals surface area contributed by atoms with E-state index in [1.54, 1.807) is 45.6 Å². The molecule has 30 heavy (non-hydrogen) atoms. The molecular formula is C24H29NO5. The van der Waals surface area contributed by atoms with Crippen LogP contribution in [0.15, 0.2) is 30.3 Å². The topological polar surface area (TPSA) is 73.9 Å². The van der Waals surface area contributed by atoms with Crippen LogP contribution in [-0.4, -0.2) is 38.6 Å². The Morgan fingerprint density at radius 3 is 1.97 bits per heavy atom. The van der Waals surface area contributed by atoms with Crippen molar-refractivity contribution in [1.82, 2.24) is 5.32 Å². The number of methoxy groups -OCH3 is 3. The van der Waals surface area contributed by atoms with Crippen LogP contribution in [0.2, 0.25) is 0 Å². The highest BCUT2D eigenvalue weighted by atomic mass is 16.5. The van der Waals surface area contributed by atoms with Crippen molar-refractivity contribution in [3.8, 4) is 17.2 Å². The van der Waals surface area contributed by atoms with E-state index in [4.69, 9.17) is 14.2 Å². The third-order valence-electron chi connectivity index (χ3n) is 6.01. The Kier molecular flexibility index (Phi) is 6.34. The molecule has 2 aromatic carbocycles. The molecule has 0 bridgehead atoms. The maximum atomic E-state index is 13.6. The summed E-state index contributed by atoms with van der Waals surface area (Å²) in [7, 11) is 4.70. The molecule has 1 amide bonds. The number of ketones is 1. The Morgan fingerprint density at radius 2 is 1.43 bits per heavy atom. The highest BCUT2D eigenvalue weighted by molar-refractivity contribution is 6.08. The third kappa shape index (κ3) is 3.86. The SMILES string of the molecule is COc1cc(C(=O)C2(NC(=O)c3cccc(OC)c3C)CCCC2)cc(OC)c1C. The van der Waals surface area contributed by atoms with Gasteiger partial charge in [-0.1, -0.05) is 18.9 Å². The zero-order chi connectivity index (χ0) is 21.9. The lowest BCUT2D eigenvalue weighted by atomic mass is 9.86. The van der Waals surface area contributed by atoms with Crippen molar-refractivity contribution in [3.63, 3.8) is 0 Å². The molecule has 0 spiro atoms. The van der Waals surface area contributed by atoms with Gasteiger partial charge in [0.15, 0.2) is 5.78 Å². The van der Waals surface area contributed by atoms with E-state index in [2.05, 4.69) is 5.32 Å². The molecule has 0 atom stereocenters. The summed E-state index contributed by atoms with van der Waals surface area (Å²) in [6.45, 7) is 3.72. The number of nitrogens with one attached hydrogen (secondary N) is 1. The van der Waals surface area contributed by atoms with Crippen LogP contribution >= 0.6 is 0 Å². The van der Waals surface area contributed by atoms with E-state index >= 15 is 0 Å². The molecule has 6 heteroatoms. The highest BCUT2D eigenvalue weighted by Gasteiger charge is 2.43. The predicted molar refractivity (Wildman–Crippen MR) is 115 cm³/mol. The molecule has 0 radical (unpaired) electrons. The van der Waals surface area contributed by atoms with Crippen LogP contribution in [0.3, 0.4) is 0 Å². The molecule has 160 valence electrons. The zero-order valence-corrected chi connectivity index (χ0v) is 18.3. The second-order valence-electron chi connectivity index (χ2n) is 7.71. The predicted octanol–water partition coefficient (Wildman–Crippen LogP) is 4.25. The van der Waals surface area contributed by atoms with E-state index < -0.39 is 5.54 Å². The fourth-order valence-corrected chi connectivity index (χ4v) is 4.25. The van der Waals surface area contributed by atoms with Crippen LogP contribution < -0.4 is 19.5 Å². The quantitative estimate of drug-likeness (QED) is 0.690. The summed E-state index contributed by atoms with van der Waals surface area (Å²) in [5.41, 5.74) is 1.61. The van der Waals surface area contributed by atoms with E-state index in [1.165, 1.54) is 0 Å². The number of carbonyl (C=O) groups excluding carboxylic acids is 2. The van der Waals surface area contributed by atoms with E-state index in [0.29, 0.717) is 41.2 Å². The van der Waals surface area contributed by atoms with Gasteiger partial charge in [0.2, 0.25) is 0 Å². The van der Waals surface area contributed by atoms with Crippen LogP contribution in [0.5, 0.6) is 17.2 Å². The van der Waals surface area contributed by atoms with Crippen molar-refractivity contribution in [2.45, 2.75) is 45.1 Å². The Bertz CT molecular complexity index is 935. The standard InChI is InChI=1S/C24H29NO5/c1-15-18(9-8-10-19(15)28-3)23(27)25-24(11-6-7-12-24)22(26)17-13-20(29-4)16(2)21(14-17)30-5/h8-10,13-14H,6-7,11-12H2,1-5H3,(H,25,27). The number of rotatable bonds is 7. The summed E-state index contributed by atoms with van der Waals surface area (Å²) < 4.78 is 16.2. The molecule has 0 heterocycles. The molecule has 0 saturated heterocycles. The van der Waals surface area contributed by atoms with Gasteiger partial charge in [0.25, 0.3) is 5.91 Å². The third-order valence-corrected chi connectivity index (χ3v) is 6.01. The van der Waals surface area contributed by atoms with Crippen molar-refractivity contribution in [2.24, 2.45) is 0 Å². The van der Waals surface area contributed by atoms with Gasteiger partial charge in [0.1, 0.15) is 22.8 Å². The molecule has 1 aliphatic rings. The van der Waals surface area contributed by atoms with Crippen LogP contribution in [0.1, 0.15) is 57.5 Å². The summed E-state index contributed by atoms with van der Waals surface area (Å²) in [5.74, 6) is 1.42. The highest BCUT2D eigenvalue weighted by Crippen LogP contribution is 2.37. The van der Waals surface area contributed by atoms with Crippen molar-refractivity contribution in [1.29, 1.82) is 0 Å². The second kappa shape index (κ2) is 8.78. The number of benzene rings is 2. The van der Waals surface area contributed by atoms with Gasteiger partial charge in [-0.3, -0.25) is 9.59 Å². The van der Waals surface area contributed by atoms with E-state index in [-0.39, 0.29) is 11.7 Å². The number of ether oxygens (including phenoxy) is 3. The second-order valence-corrected chi connectivity index (χ2v) is 7.71. The van der Waals surface area contributed by atoms with Gasteiger partial charge in [0.05, 0.1) is 21.3 Å². The van der Waals surface area contributed by atoms with Gasteiger partial charge in [0, 0.05) is 22.3 Å². The first-order valence-electron chi connectivity index (χ1n) is 10.1. The van der Waals surface area contributed by atoms with E-state index in [1.807, 2.05) is 19.9 Å². The number of hydrogen-bond acceptors (Lipinski definition) is 5. The molecule has 1 aliphatic carbocycles. The normalized spacial score (nSPS) is 14.8. The van der Waals surface area contributed by atoms with Crippen molar-refractivity contribution in [3.05, 3.63) is 52.6 Å². The Morgan fingerprint density at radius 1 is 0.867 bits per heavy atom.